The summed E-state index contributed by atoms with van der Waals surface area (Å²) in [7, 11) is 0. The zero-order chi connectivity index (χ0) is 45.2. The van der Waals surface area contributed by atoms with Crippen LogP contribution in [0.3, 0.4) is 0 Å². The molecule has 11 unspecified atom stereocenters. The summed E-state index contributed by atoms with van der Waals surface area (Å²) >= 11 is 0. The molecule has 0 aliphatic carbocycles. The molecule has 62 heavy (non-hydrogen) atoms. The number of ether oxygens (including phenoxy) is 6. The molecule has 0 aromatic rings. The van der Waals surface area contributed by atoms with E-state index in [4.69, 9.17) is 28.4 Å². The van der Waals surface area contributed by atoms with Gasteiger partial charge in [-0.25, -0.2) is 0 Å². The highest BCUT2D eigenvalue weighted by atomic mass is 16.7. The number of hydrogen-bond acceptors (Lipinski definition) is 14. The molecule has 2 saturated heterocycles. The molecule has 2 aliphatic heterocycles. The first kappa shape index (κ1) is 56.1. The van der Waals surface area contributed by atoms with E-state index in [0.717, 1.165) is 89.9 Å². The van der Waals surface area contributed by atoms with E-state index in [9.17, 15) is 40.5 Å². The number of carbonyl (C=O) groups is 1. The van der Waals surface area contributed by atoms with Crippen LogP contribution in [0.4, 0.5) is 0 Å². The molecule has 2 fully saturated rings. The van der Waals surface area contributed by atoms with Crippen LogP contribution >= 0.6 is 0 Å². The fourth-order valence-electron chi connectivity index (χ4n) is 7.17. The predicted molar refractivity (Wildman–Crippen MR) is 238 cm³/mol. The standard InChI is InChI=1S/C48H84O14/c1-3-5-7-9-11-13-15-17-19-21-23-25-27-29-31-40(50)60-37(34-57-32-30-28-26-24-22-20-18-16-14-12-10-8-6-4-2)35-58-47-46(56)44(54)42(52)39(62-47)36-59-48-45(55)43(53)41(51)38(33-49)61-48/h6,8,12,14-15,17-18,20,37-39,41-49,51-56H,3-5,7,9-11,13,16,19,21-36H2,1-2H3/b8-6-,14-12-,17-15-,20-18-. The molecular formula is C48H84O14. The SMILES string of the molecule is CC/C=C\C/C=C\C/C=C\CCCCCCOCC(COC1OC(COC2OC(CO)C(O)C(O)C2O)C(O)C(O)C1O)OC(=O)CCCCCCC/C=C\CCCCCCC. The van der Waals surface area contributed by atoms with Crippen LogP contribution in [-0.2, 0) is 33.2 Å². The lowest BCUT2D eigenvalue weighted by molar-refractivity contribution is -0.332. The van der Waals surface area contributed by atoms with Crippen molar-refractivity contribution < 1.29 is 69.0 Å². The van der Waals surface area contributed by atoms with Gasteiger partial charge in [0.2, 0.25) is 0 Å². The van der Waals surface area contributed by atoms with E-state index in [1.807, 2.05) is 0 Å². The van der Waals surface area contributed by atoms with Crippen molar-refractivity contribution in [3.05, 3.63) is 48.6 Å². The second kappa shape index (κ2) is 36.2. The van der Waals surface area contributed by atoms with Gasteiger partial charge in [0.05, 0.1) is 26.4 Å². The Morgan fingerprint density at radius 2 is 1.05 bits per heavy atom. The highest BCUT2D eigenvalue weighted by molar-refractivity contribution is 5.69. The fourth-order valence-corrected chi connectivity index (χ4v) is 7.17. The Morgan fingerprint density at radius 3 is 1.66 bits per heavy atom. The van der Waals surface area contributed by atoms with E-state index in [-0.39, 0.29) is 19.6 Å². The minimum atomic E-state index is -1.71. The van der Waals surface area contributed by atoms with Gasteiger partial charge in [-0.3, -0.25) is 4.79 Å². The first-order valence-electron chi connectivity index (χ1n) is 23.7. The number of carbonyl (C=O) groups excluding carboxylic acids is 1. The topological polar surface area (TPSA) is 214 Å². The number of aliphatic hydroxyl groups excluding tert-OH is 7. The Hall–Kier alpha value is -2.05. The molecule has 2 aliphatic rings. The molecule has 2 rings (SSSR count). The van der Waals surface area contributed by atoms with Gasteiger partial charge in [0.25, 0.3) is 0 Å². The molecule has 2 heterocycles. The van der Waals surface area contributed by atoms with Crippen molar-refractivity contribution in [2.45, 2.75) is 216 Å². The highest BCUT2D eigenvalue weighted by Gasteiger charge is 2.47. The van der Waals surface area contributed by atoms with E-state index < -0.39 is 86.7 Å². The molecule has 0 bridgehead atoms. The molecule has 11 atom stereocenters. The van der Waals surface area contributed by atoms with E-state index in [1.165, 1.54) is 32.1 Å². The molecule has 7 N–H and O–H groups in total. The molecule has 0 radical (unpaired) electrons. The van der Waals surface area contributed by atoms with E-state index in [2.05, 4.69) is 62.5 Å². The third-order valence-electron chi connectivity index (χ3n) is 11.1. The summed E-state index contributed by atoms with van der Waals surface area (Å²) in [4.78, 5) is 13.0. The van der Waals surface area contributed by atoms with Gasteiger partial charge in [-0.2, -0.15) is 0 Å². The number of allylic oxidation sites excluding steroid dienone is 8. The van der Waals surface area contributed by atoms with Crippen LogP contribution in [0.1, 0.15) is 149 Å². The Morgan fingerprint density at radius 1 is 0.548 bits per heavy atom. The third-order valence-corrected chi connectivity index (χ3v) is 11.1. The fraction of sp³-hybridized carbons (Fsp3) is 0.812. The number of aliphatic hydroxyl groups is 7. The van der Waals surface area contributed by atoms with Gasteiger partial charge in [-0.05, 0) is 70.6 Å². The molecule has 14 nitrogen and oxygen atoms in total. The number of esters is 1. The maximum atomic E-state index is 13.0. The van der Waals surface area contributed by atoms with E-state index in [0.29, 0.717) is 13.0 Å². The van der Waals surface area contributed by atoms with Gasteiger partial charge < -0.3 is 64.2 Å². The van der Waals surface area contributed by atoms with Gasteiger partial charge >= 0.3 is 5.97 Å². The van der Waals surface area contributed by atoms with Crippen molar-refractivity contribution in [3.8, 4) is 0 Å². The summed E-state index contributed by atoms with van der Waals surface area (Å²) in [5, 5.41) is 72.0. The zero-order valence-electron chi connectivity index (χ0n) is 37.8. The van der Waals surface area contributed by atoms with Crippen molar-refractivity contribution in [1.29, 1.82) is 0 Å². The summed E-state index contributed by atoms with van der Waals surface area (Å²) in [5.74, 6) is -0.396. The van der Waals surface area contributed by atoms with Crippen LogP contribution in [0.5, 0.6) is 0 Å². The maximum Gasteiger partial charge on any atom is 0.306 e. The van der Waals surface area contributed by atoms with Crippen LogP contribution in [0, 0.1) is 0 Å². The molecular weight excluding hydrogens is 801 g/mol. The second-order valence-corrected chi connectivity index (χ2v) is 16.5. The van der Waals surface area contributed by atoms with E-state index >= 15 is 0 Å². The van der Waals surface area contributed by atoms with Crippen LogP contribution in [0.25, 0.3) is 0 Å². The van der Waals surface area contributed by atoms with Crippen LogP contribution in [0.2, 0.25) is 0 Å². The number of unbranched alkanes of at least 4 members (excludes halogenated alkanes) is 14. The minimum Gasteiger partial charge on any atom is -0.457 e. The highest BCUT2D eigenvalue weighted by Crippen LogP contribution is 2.26. The van der Waals surface area contributed by atoms with Gasteiger partial charge in [0.15, 0.2) is 12.6 Å². The lowest BCUT2D eigenvalue weighted by Gasteiger charge is -2.42. The third kappa shape index (κ3) is 24.3. The largest absolute Gasteiger partial charge is 0.457 e. The molecule has 0 saturated carbocycles. The Balaban J connectivity index is 1.82. The molecule has 0 aromatic heterocycles. The van der Waals surface area contributed by atoms with Crippen LogP contribution in [-0.4, -0.2) is 142 Å². The quantitative estimate of drug-likeness (QED) is 0.0218. The number of rotatable bonds is 36. The zero-order valence-corrected chi connectivity index (χ0v) is 37.8. The first-order valence-corrected chi connectivity index (χ1v) is 23.7. The lowest BCUT2D eigenvalue weighted by atomic mass is 9.98. The monoisotopic (exact) mass is 885 g/mol. The van der Waals surface area contributed by atoms with Crippen LogP contribution in [0.15, 0.2) is 48.6 Å². The van der Waals surface area contributed by atoms with Gasteiger partial charge in [0, 0.05) is 13.0 Å². The van der Waals surface area contributed by atoms with Crippen molar-refractivity contribution >= 4 is 5.97 Å². The smallest absolute Gasteiger partial charge is 0.306 e. The van der Waals surface area contributed by atoms with E-state index in [1.54, 1.807) is 0 Å². The van der Waals surface area contributed by atoms with Gasteiger partial charge in [-0.1, -0.05) is 120 Å². The lowest BCUT2D eigenvalue weighted by Crippen LogP contribution is -2.61. The molecule has 360 valence electrons. The van der Waals surface area contributed by atoms with Crippen molar-refractivity contribution in [2.24, 2.45) is 0 Å². The van der Waals surface area contributed by atoms with Crippen molar-refractivity contribution in [2.75, 3.05) is 33.0 Å². The van der Waals surface area contributed by atoms with Crippen molar-refractivity contribution in [1.82, 2.24) is 0 Å². The second-order valence-electron chi connectivity index (χ2n) is 16.5. The number of hydrogen-bond donors (Lipinski definition) is 7. The summed E-state index contributed by atoms with van der Waals surface area (Å²) in [6.07, 6.45) is 23.2. The average Bonchev–Trinajstić information content (AvgIpc) is 3.27. The van der Waals surface area contributed by atoms with Crippen LogP contribution < -0.4 is 0 Å². The summed E-state index contributed by atoms with van der Waals surface area (Å²) in [6, 6.07) is 0. The minimum absolute atomic E-state index is 0.0418. The predicted octanol–water partition coefficient (Wildman–Crippen LogP) is 6.01. The Labute approximate surface area is 372 Å². The molecule has 14 heteroatoms. The summed E-state index contributed by atoms with van der Waals surface area (Å²) in [6.45, 7) is 3.48. The summed E-state index contributed by atoms with van der Waals surface area (Å²) < 4.78 is 34.1. The van der Waals surface area contributed by atoms with Gasteiger partial charge in [0.1, 0.15) is 54.9 Å². The van der Waals surface area contributed by atoms with Gasteiger partial charge in [-0.15, -0.1) is 0 Å². The normalized spacial score (nSPS) is 27.6. The first-order chi connectivity index (χ1) is 30.1. The Bertz CT molecular complexity index is 1210. The molecule has 0 amide bonds. The maximum absolute atomic E-state index is 13.0. The Kier molecular flexibility index (Phi) is 32.7. The average molecular weight is 885 g/mol. The van der Waals surface area contributed by atoms with Crippen molar-refractivity contribution in [3.63, 3.8) is 0 Å². The summed E-state index contributed by atoms with van der Waals surface area (Å²) in [5.41, 5.74) is 0. The molecule has 0 spiro atoms. The molecule has 0 aromatic carbocycles.